The van der Waals surface area contributed by atoms with Crippen LogP contribution in [-0.4, -0.2) is 17.7 Å². The highest BCUT2D eigenvalue weighted by atomic mass is 16.1. The highest BCUT2D eigenvalue weighted by molar-refractivity contribution is 5.93. The summed E-state index contributed by atoms with van der Waals surface area (Å²) in [6.45, 7) is 0. The summed E-state index contributed by atoms with van der Waals surface area (Å²) in [4.78, 5) is 25.0. The van der Waals surface area contributed by atoms with E-state index >= 15 is 0 Å². The third kappa shape index (κ3) is 2.75. The summed E-state index contributed by atoms with van der Waals surface area (Å²) in [7, 11) is 0. The van der Waals surface area contributed by atoms with Gasteiger partial charge in [0.15, 0.2) is 0 Å². The summed E-state index contributed by atoms with van der Waals surface area (Å²) >= 11 is 0. The van der Waals surface area contributed by atoms with E-state index in [1.54, 1.807) is 0 Å². The van der Waals surface area contributed by atoms with Crippen LogP contribution in [0.4, 0.5) is 0 Å². The number of nitrogens with two attached hydrogens (primary N) is 2. The van der Waals surface area contributed by atoms with Gasteiger partial charge in [-0.1, -0.05) is 25.7 Å². The lowest BCUT2D eigenvalue weighted by atomic mass is 9.64. The van der Waals surface area contributed by atoms with Gasteiger partial charge >= 0.3 is 0 Å². The average Bonchev–Trinajstić information content (AvgIpc) is 2.68. The zero-order chi connectivity index (χ0) is 13.9. The molecule has 0 aromatic heterocycles. The molecule has 0 bridgehead atoms. The van der Waals surface area contributed by atoms with Gasteiger partial charge in [-0.2, -0.15) is 0 Å². The molecule has 0 saturated heterocycles. The molecule has 2 saturated carbocycles. The molecule has 0 aromatic rings. The molecule has 0 aliphatic heterocycles. The molecule has 2 aliphatic carbocycles. The first-order chi connectivity index (χ1) is 9.09. The van der Waals surface area contributed by atoms with E-state index < -0.39 is 11.6 Å². The first-order valence-electron chi connectivity index (χ1n) is 7.66. The normalized spacial score (nSPS) is 34.2. The van der Waals surface area contributed by atoms with E-state index in [9.17, 15) is 9.59 Å². The van der Waals surface area contributed by atoms with Crippen LogP contribution < -0.4 is 11.5 Å². The summed E-state index contributed by atoms with van der Waals surface area (Å²) in [5.74, 6) is 0.120. The van der Waals surface area contributed by atoms with Crippen molar-refractivity contribution in [3.8, 4) is 0 Å². The van der Waals surface area contributed by atoms with Crippen LogP contribution in [-0.2, 0) is 9.59 Å². The van der Waals surface area contributed by atoms with E-state index in [0.29, 0.717) is 19.3 Å². The van der Waals surface area contributed by atoms with E-state index in [2.05, 4.69) is 0 Å². The predicted molar refractivity (Wildman–Crippen MR) is 74.3 cm³/mol. The summed E-state index contributed by atoms with van der Waals surface area (Å²) in [6, 6.07) is 0. The second kappa shape index (κ2) is 6.14. The minimum absolute atomic E-state index is 0.139. The number of carbonyl (C=O) groups is 2. The maximum absolute atomic E-state index is 12.6. The zero-order valence-electron chi connectivity index (χ0n) is 11.7. The third-order valence-corrected chi connectivity index (χ3v) is 5.03. The summed E-state index contributed by atoms with van der Waals surface area (Å²) < 4.78 is 0. The fourth-order valence-corrected chi connectivity index (χ4v) is 3.91. The van der Waals surface area contributed by atoms with Crippen molar-refractivity contribution in [1.29, 1.82) is 0 Å². The quantitative estimate of drug-likeness (QED) is 0.590. The van der Waals surface area contributed by atoms with Crippen molar-refractivity contribution in [2.45, 2.75) is 70.4 Å². The van der Waals surface area contributed by atoms with Crippen LogP contribution in [0.5, 0.6) is 0 Å². The van der Waals surface area contributed by atoms with Crippen molar-refractivity contribution in [3.63, 3.8) is 0 Å². The van der Waals surface area contributed by atoms with Crippen LogP contribution in [0.2, 0.25) is 0 Å². The highest BCUT2D eigenvalue weighted by Gasteiger charge is 2.51. The lowest BCUT2D eigenvalue weighted by Crippen LogP contribution is -2.58. The van der Waals surface area contributed by atoms with Gasteiger partial charge in [0.25, 0.3) is 0 Å². The SMILES string of the molecule is NC(N)C1(C2CCCCCC2=O)CCCCCC1=O. The molecule has 2 rings (SSSR count). The van der Waals surface area contributed by atoms with Crippen LogP contribution >= 0.6 is 0 Å². The van der Waals surface area contributed by atoms with E-state index in [-0.39, 0.29) is 17.5 Å². The summed E-state index contributed by atoms with van der Waals surface area (Å²) in [5, 5.41) is 0. The van der Waals surface area contributed by atoms with E-state index in [4.69, 9.17) is 11.5 Å². The molecule has 4 nitrogen and oxygen atoms in total. The fourth-order valence-electron chi connectivity index (χ4n) is 3.91. The molecule has 0 aromatic carbocycles. The number of ketones is 2. The number of hydrogen-bond donors (Lipinski definition) is 2. The van der Waals surface area contributed by atoms with Crippen molar-refractivity contribution >= 4 is 11.6 Å². The van der Waals surface area contributed by atoms with Crippen molar-refractivity contribution in [3.05, 3.63) is 0 Å². The Kier molecular flexibility index (Phi) is 4.74. The van der Waals surface area contributed by atoms with E-state index in [1.165, 1.54) is 0 Å². The third-order valence-electron chi connectivity index (χ3n) is 5.03. The average molecular weight is 266 g/mol. The smallest absolute Gasteiger partial charge is 0.142 e. The van der Waals surface area contributed by atoms with Crippen LogP contribution in [0.1, 0.15) is 64.2 Å². The largest absolute Gasteiger partial charge is 0.315 e. The Morgan fingerprint density at radius 2 is 1.63 bits per heavy atom. The number of Topliss-reactive ketones (excluding diaryl/α,β-unsaturated/α-hetero) is 2. The molecule has 4 heteroatoms. The number of hydrogen-bond acceptors (Lipinski definition) is 4. The Balaban J connectivity index is 2.35. The molecule has 2 fully saturated rings. The van der Waals surface area contributed by atoms with Crippen molar-refractivity contribution < 1.29 is 9.59 Å². The molecule has 19 heavy (non-hydrogen) atoms. The Morgan fingerprint density at radius 1 is 0.947 bits per heavy atom. The van der Waals surface area contributed by atoms with Crippen LogP contribution in [0, 0.1) is 11.3 Å². The lowest BCUT2D eigenvalue weighted by molar-refractivity contribution is -0.142. The number of rotatable bonds is 2. The van der Waals surface area contributed by atoms with Crippen molar-refractivity contribution in [1.82, 2.24) is 0 Å². The van der Waals surface area contributed by atoms with Gasteiger partial charge in [0, 0.05) is 18.8 Å². The molecule has 108 valence electrons. The summed E-state index contributed by atoms with van der Waals surface area (Å²) in [6.07, 6.45) is 7.85. The van der Waals surface area contributed by atoms with E-state index in [1.807, 2.05) is 0 Å². The van der Waals surface area contributed by atoms with Crippen LogP contribution in [0.3, 0.4) is 0 Å². The van der Waals surface area contributed by atoms with Crippen LogP contribution in [0.25, 0.3) is 0 Å². The van der Waals surface area contributed by atoms with Gasteiger partial charge in [-0.3, -0.25) is 9.59 Å². The zero-order valence-corrected chi connectivity index (χ0v) is 11.7. The molecule has 0 radical (unpaired) electrons. The molecule has 2 atom stereocenters. The molecule has 2 unspecified atom stereocenters. The van der Waals surface area contributed by atoms with Crippen molar-refractivity contribution in [2.75, 3.05) is 0 Å². The molecular weight excluding hydrogens is 240 g/mol. The Hall–Kier alpha value is -0.740. The van der Waals surface area contributed by atoms with Crippen molar-refractivity contribution in [2.24, 2.45) is 22.8 Å². The van der Waals surface area contributed by atoms with Gasteiger partial charge in [-0.15, -0.1) is 0 Å². The van der Waals surface area contributed by atoms with Crippen LogP contribution in [0.15, 0.2) is 0 Å². The maximum atomic E-state index is 12.6. The second-order valence-corrected chi connectivity index (χ2v) is 6.17. The van der Waals surface area contributed by atoms with Gasteiger partial charge in [-0.05, 0) is 25.7 Å². The summed E-state index contributed by atoms with van der Waals surface area (Å²) in [5.41, 5.74) is 11.2. The van der Waals surface area contributed by atoms with Gasteiger partial charge in [0.2, 0.25) is 0 Å². The Morgan fingerprint density at radius 3 is 2.37 bits per heavy atom. The number of carbonyl (C=O) groups excluding carboxylic acids is 2. The van der Waals surface area contributed by atoms with E-state index in [0.717, 1.165) is 44.9 Å². The maximum Gasteiger partial charge on any atom is 0.142 e. The lowest BCUT2D eigenvalue weighted by Gasteiger charge is -2.40. The Bertz CT molecular complexity index is 354. The van der Waals surface area contributed by atoms with Gasteiger partial charge < -0.3 is 11.5 Å². The second-order valence-electron chi connectivity index (χ2n) is 6.17. The minimum Gasteiger partial charge on any atom is -0.315 e. The first kappa shape index (κ1) is 14.7. The Labute approximate surface area is 115 Å². The molecular formula is C15H26N2O2. The monoisotopic (exact) mass is 266 g/mol. The first-order valence-corrected chi connectivity index (χ1v) is 7.66. The molecule has 0 heterocycles. The molecule has 2 aliphatic rings. The highest BCUT2D eigenvalue weighted by Crippen LogP contribution is 2.44. The molecule has 0 amide bonds. The standard InChI is InChI=1S/C15H26N2O2/c16-14(17)15(10-6-2-5-9-13(15)19)11-7-3-1-4-8-12(11)18/h11,14H,1-10,16-17H2. The fraction of sp³-hybridized carbons (Fsp3) is 0.867. The minimum atomic E-state index is -0.780. The molecule has 4 N–H and O–H groups in total. The molecule has 0 spiro atoms. The van der Waals surface area contributed by atoms with Gasteiger partial charge in [-0.25, -0.2) is 0 Å². The van der Waals surface area contributed by atoms with Gasteiger partial charge in [0.1, 0.15) is 11.6 Å². The topological polar surface area (TPSA) is 86.2 Å². The van der Waals surface area contributed by atoms with Gasteiger partial charge in [0.05, 0.1) is 11.6 Å². The predicted octanol–water partition coefficient (Wildman–Crippen LogP) is 1.90.